The minimum absolute atomic E-state index is 0.100. The lowest BCUT2D eigenvalue weighted by atomic mass is 9.79. The fourth-order valence-electron chi connectivity index (χ4n) is 3.18. The van der Waals surface area contributed by atoms with E-state index in [1.54, 1.807) is 12.1 Å². The van der Waals surface area contributed by atoms with Gasteiger partial charge in [0, 0.05) is 23.9 Å². The number of nitrogens with one attached hydrogen (secondary N) is 1. The van der Waals surface area contributed by atoms with E-state index < -0.39 is 0 Å². The van der Waals surface area contributed by atoms with E-state index in [4.69, 9.17) is 15.9 Å². The topological polar surface area (TPSA) is 62.3 Å². The van der Waals surface area contributed by atoms with Crippen molar-refractivity contribution in [3.63, 3.8) is 0 Å². The fraction of sp³-hybridized carbons (Fsp3) is 0.562. The van der Waals surface area contributed by atoms with Crippen molar-refractivity contribution in [1.29, 1.82) is 5.41 Å². The van der Waals surface area contributed by atoms with Crippen molar-refractivity contribution >= 4 is 5.84 Å². The third-order valence-corrected chi connectivity index (χ3v) is 4.84. The zero-order chi connectivity index (χ0) is 15.0. The molecular weight excluding hydrogens is 269 g/mol. The molecule has 1 aromatic rings. The van der Waals surface area contributed by atoms with Gasteiger partial charge < -0.3 is 10.5 Å². The fourth-order valence-corrected chi connectivity index (χ4v) is 3.18. The molecule has 0 spiro atoms. The number of halogens is 1. The third-order valence-electron chi connectivity index (χ3n) is 4.84. The average molecular weight is 291 g/mol. The Morgan fingerprint density at radius 2 is 2.19 bits per heavy atom. The van der Waals surface area contributed by atoms with Gasteiger partial charge in [-0.15, -0.1) is 0 Å². The number of rotatable bonds is 3. The molecule has 2 heterocycles. The van der Waals surface area contributed by atoms with Crippen molar-refractivity contribution in [1.82, 2.24) is 4.90 Å². The summed E-state index contributed by atoms with van der Waals surface area (Å²) >= 11 is 0. The van der Waals surface area contributed by atoms with Crippen LogP contribution in [0.5, 0.6) is 5.75 Å². The summed E-state index contributed by atoms with van der Waals surface area (Å²) in [4.78, 5) is 2.36. The van der Waals surface area contributed by atoms with Crippen molar-refractivity contribution in [3.05, 3.63) is 29.6 Å². The summed E-state index contributed by atoms with van der Waals surface area (Å²) in [5, 5.41) is 7.68. The molecule has 1 atom stereocenters. The van der Waals surface area contributed by atoms with E-state index in [0.29, 0.717) is 5.84 Å². The summed E-state index contributed by atoms with van der Waals surface area (Å²) in [5.41, 5.74) is 6.50. The number of amidine groups is 1. The van der Waals surface area contributed by atoms with Gasteiger partial charge in [-0.1, -0.05) is 6.92 Å². The Morgan fingerprint density at radius 3 is 2.86 bits per heavy atom. The van der Waals surface area contributed by atoms with Crippen molar-refractivity contribution < 1.29 is 9.13 Å². The summed E-state index contributed by atoms with van der Waals surface area (Å²) in [6.45, 7) is 4.78. The van der Waals surface area contributed by atoms with Gasteiger partial charge in [-0.25, -0.2) is 4.39 Å². The summed E-state index contributed by atoms with van der Waals surface area (Å²) < 4.78 is 19.1. The first-order chi connectivity index (χ1) is 9.96. The molecule has 3 rings (SSSR count). The Labute approximate surface area is 124 Å². The molecule has 0 bridgehead atoms. The SMILES string of the molecule is CC1(C(=N)N)CCN(CC2Cc3cc(F)ccc3O2)CC1. The minimum Gasteiger partial charge on any atom is -0.488 e. The molecule has 4 nitrogen and oxygen atoms in total. The number of nitrogens with zero attached hydrogens (tertiary/aromatic N) is 1. The number of ether oxygens (including phenoxy) is 1. The maximum Gasteiger partial charge on any atom is 0.123 e. The summed E-state index contributed by atoms with van der Waals surface area (Å²) in [5.74, 6) is 0.905. The molecular formula is C16H22FN3O. The Hall–Kier alpha value is -1.62. The smallest absolute Gasteiger partial charge is 0.123 e. The molecule has 0 radical (unpaired) electrons. The number of benzene rings is 1. The number of likely N-dealkylation sites (tertiary alicyclic amines) is 1. The first-order valence-corrected chi connectivity index (χ1v) is 7.48. The molecule has 1 aromatic carbocycles. The van der Waals surface area contributed by atoms with Crippen LogP contribution in [0.15, 0.2) is 18.2 Å². The van der Waals surface area contributed by atoms with Crippen LogP contribution < -0.4 is 10.5 Å². The average Bonchev–Trinajstić information content (AvgIpc) is 2.82. The summed E-state index contributed by atoms with van der Waals surface area (Å²) in [7, 11) is 0. The highest BCUT2D eigenvalue weighted by atomic mass is 19.1. The molecule has 5 heteroatoms. The number of fused-ring (bicyclic) bond motifs is 1. The molecule has 2 aliphatic heterocycles. The van der Waals surface area contributed by atoms with E-state index in [1.807, 2.05) is 0 Å². The van der Waals surface area contributed by atoms with Crippen molar-refractivity contribution in [3.8, 4) is 5.75 Å². The van der Waals surface area contributed by atoms with Crippen LogP contribution in [0.2, 0.25) is 0 Å². The predicted molar refractivity (Wildman–Crippen MR) is 80.2 cm³/mol. The Kier molecular flexibility index (Phi) is 3.61. The molecule has 0 amide bonds. The lowest BCUT2D eigenvalue weighted by molar-refractivity contribution is 0.106. The van der Waals surface area contributed by atoms with Gasteiger partial charge in [0.1, 0.15) is 17.7 Å². The van der Waals surface area contributed by atoms with Gasteiger partial charge in [0.05, 0.1) is 5.84 Å². The standard InChI is InChI=1S/C16H22FN3O/c1-16(15(18)19)4-6-20(7-5-16)10-13-9-11-8-12(17)2-3-14(11)21-13/h2-3,8,13H,4-7,9-10H2,1H3,(H3,18,19). The minimum atomic E-state index is -0.201. The van der Waals surface area contributed by atoms with Crippen molar-refractivity contribution in [2.45, 2.75) is 32.3 Å². The molecule has 1 fully saturated rings. The van der Waals surface area contributed by atoms with Gasteiger partial charge in [0.2, 0.25) is 0 Å². The van der Waals surface area contributed by atoms with Crippen LogP contribution in [0.3, 0.4) is 0 Å². The maximum absolute atomic E-state index is 13.2. The van der Waals surface area contributed by atoms with Crippen LogP contribution in [-0.2, 0) is 6.42 Å². The zero-order valence-electron chi connectivity index (χ0n) is 12.4. The first-order valence-electron chi connectivity index (χ1n) is 7.48. The summed E-state index contributed by atoms with van der Waals surface area (Å²) in [6.07, 6.45) is 2.70. The van der Waals surface area contributed by atoms with Crippen LogP contribution in [-0.4, -0.2) is 36.5 Å². The number of hydrogen-bond acceptors (Lipinski definition) is 3. The highest BCUT2D eigenvalue weighted by Crippen LogP contribution is 2.33. The second kappa shape index (κ2) is 5.30. The monoisotopic (exact) mass is 291 g/mol. The van der Waals surface area contributed by atoms with Gasteiger partial charge in [0.25, 0.3) is 0 Å². The van der Waals surface area contributed by atoms with Crippen molar-refractivity contribution in [2.24, 2.45) is 11.1 Å². The Morgan fingerprint density at radius 1 is 1.48 bits per heavy atom. The molecule has 1 saturated heterocycles. The molecule has 0 saturated carbocycles. The highest BCUT2D eigenvalue weighted by molar-refractivity contribution is 5.83. The van der Waals surface area contributed by atoms with E-state index >= 15 is 0 Å². The van der Waals surface area contributed by atoms with Crippen molar-refractivity contribution in [2.75, 3.05) is 19.6 Å². The van der Waals surface area contributed by atoms with Crippen LogP contribution in [0, 0.1) is 16.6 Å². The normalized spacial score (nSPS) is 24.4. The first kappa shape index (κ1) is 14.3. The molecule has 0 aliphatic carbocycles. The van der Waals surface area contributed by atoms with Crippen LogP contribution in [0.1, 0.15) is 25.3 Å². The zero-order valence-corrected chi connectivity index (χ0v) is 12.4. The molecule has 3 N–H and O–H groups in total. The maximum atomic E-state index is 13.2. The Bertz CT molecular complexity index is 552. The molecule has 21 heavy (non-hydrogen) atoms. The van der Waals surface area contributed by atoms with E-state index in [0.717, 1.165) is 50.2 Å². The quantitative estimate of drug-likeness (QED) is 0.662. The highest BCUT2D eigenvalue weighted by Gasteiger charge is 2.34. The van der Waals surface area contributed by atoms with Gasteiger partial charge in [-0.2, -0.15) is 0 Å². The number of hydrogen-bond donors (Lipinski definition) is 2. The lowest BCUT2D eigenvalue weighted by Crippen LogP contribution is -2.47. The van der Waals surface area contributed by atoms with E-state index in [-0.39, 0.29) is 17.3 Å². The van der Waals surface area contributed by atoms with Gasteiger partial charge >= 0.3 is 0 Å². The molecule has 2 aliphatic rings. The van der Waals surface area contributed by atoms with Gasteiger partial charge in [0.15, 0.2) is 0 Å². The van der Waals surface area contributed by atoms with E-state index in [2.05, 4.69) is 11.8 Å². The third kappa shape index (κ3) is 2.88. The van der Waals surface area contributed by atoms with Crippen LogP contribution >= 0.6 is 0 Å². The predicted octanol–water partition coefficient (Wildman–Crippen LogP) is 2.17. The van der Waals surface area contributed by atoms with E-state index in [9.17, 15) is 4.39 Å². The lowest BCUT2D eigenvalue weighted by Gasteiger charge is -2.39. The second-order valence-electron chi connectivity index (χ2n) is 6.47. The number of nitrogens with two attached hydrogens (primary N) is 1. The molecule has 114 valence electrons. The molecule has 0 aromatic heterocycles. The Balaban J connectivity index is 1.55. The number of piperidine rings is 1. The van der Waals surface area contributed by atoms with Gasteiger partial charge in [-0.05, 0) is 44.1 Å². The molecule has 1 unspecified atom stereocenters. The second-order valence-corrected chi connectivity index (χ2v) is 6.47. The van der Waals surface area contributed by atoms with E-state index in [1.165, 1.54) is 6.07 Å². The van der Waals surface area contributed by atoms with Crippen LogP contribution in [0.25, 0.3) is 0 Å². The van der Waals surface area contributed by atoms with Crippen LogP contribution in [0.4, 0.5) is 4.39 Å². The largest absolute Gasteiger partial charge is 0.488 e. The van der Waals surface area contributed by atoms with Gasteiger partial charge in [-0.3, -0.25) is 10.3 Å². The summed E-state index contributed by atoms with van der Waals surface area (Å²) in [6, 6.07) is 4.73.